The molecule has 1 aromatic carbocycles. The van der Waals surface area contributed by atoms with Crippen LogP contribution in [0.4, 0.5) is 0 Å². The number of nitrogens with one attached hydrogen (secondary N) is 1. The molecular formula is C14H20N2O2. The molecule has 1 atom stereocenters. The van der Waals surface area contributed by atoms with Crippen LogP contribution in [0.15, 0.2) is 30.3 Å². The third-order valence-corrected chi connectivity index (χ3v) is 3.26. The highest BCUT2D eigenvalue weighted by Gasteiger charge is 2.17. The van der Waals surface area contributed by atoms with E-state index in [9.17, 15) is 9.90 Å². The first-order valence-corrected chi connectivity index (χ1v) is 6.49. The number of benzene rings is 1. The van der Waals surface area contributed by atoms with Gasteiger partial charge in [-0.15, -0.1) is 0 Å². The average molecular weight is 248 g/mol. The van der Waals surface area contributed by atoms with Crippen molar-refractivity contribution in [2.75, 3.05) is 26.2 Å². The van der Waals surface area contributed by atoms with Crippen molar-refractivity contribution in [3.05, 3.63) is 35.9 Å². The van der Waals surface area contributed by atoms with Gasteiger partial charge in [0.05, 0.1) is 12.6 Å². The maximum absolute atomic E-state index is 11.7. The van der Waals surface area contributed by atoms with Crippen LogP contribution in [0.25, 0.3) is 0 Å². The second-order valence-corrected chi connectivity index (χ2v) is 4.65. The molecule has 1 aromatic rings. The summed E-state index contributed by atoms with van der Waals surface area (Å²) in [4.78, 5) is 13.6. The smallest absolute Gasteiger partial charge is 0.236 e. The number of aliphatic hydroxyl groups excluding tert-OH is 1. The molecule has 1 amide bonds. The summed E-state index contributed by atoms with van der Waals surface area (Å²) in [5.41, 5.74) is 0.874. The number of carbonyl (C=O) groups is 1. The van der Waals surface area contributed by atoms with Crippen molar-refractivity contribution in [2.45, 2.75) is 18.9 Å². The Morgan fingerprint density at radius 3 is 2.61 bits per heavy atom. The molecule has 1 aliphatic rings. The molecule has 0 saturated carbocycles. The predicted octanol–water partition coefficient (Wildman–Crippen LogP) is 0.932. The van der Waals surface area contributed by atoms with E-state index in [1.165, 1.54) is 0 Å². The van der Waals surface area contributed by atoms with Crippen molar-refractivity contribution in [1.29, 1.82) is 0 Å². The topological polar surface area (TPSA) is 52.6 Å². The van der Waals surface area contributed by atoms with Crippen LogP contribution < -0.4 is 5.32 Å². The van der Waals surface area contributed by atoms with Gasteiger partial charge in [-0.05, 0) is 18.4 Å². The second-order valence-electron chi connectivity index (χ2n) is 4.65. The number of aliphatic hydroxyl groups is 1. The Hall–Kier alpha value is -1.39. The lowest BCUT2D eigenvalue weighted by Gasteiger charge is -2.17. The third-order valence-electron chi connectivity index (χ3n) is 3.26. The number of amides is 1. The van der Waals surface area contributed by atoms with Crippen molar-refractivity contribution in [3.8, 4) is 0 Å². The van der Waals surface area contributed by atoms with Gasteiger partial charge in [0.15, 0.2) is 0 Å². The van der Waals surface area contributed by atoms with Crippen LogP contribution in [0, 0.1) is 0 Å². The monoisotopic (exact) mass is 248 g/mol. The minimum atomic E-state index is -0.558. The number of nitrogens with zero attached hydrogens (tertiary/aromatic N) is 1. The Bertz CT molecular complexity index is 375. The molecule has 18 heavy (non-hydrogen) atoms. The molecular weight excluding hydrogens is 228 g/mol. The van der Waals surface area contributed by atoms with Crippen molar-refractivity contribution in [1.82, 2.24) is 10.2 Å². The fourth-order valence-electron chi connectivity index (χ4n) is 2.19. The molecule has 0 bridgehead atoms. The summed E-state index contributed by atoms with van der Waals surface area (Å²) in [5, 5.41) is 12.9. The van der Waals surface area contributed by atoms with Crippen LogP contribution in [-0.2, 0) is 4.79 Å². The molecule has 0 aliphatic carbocycles. The number of rotatable bonds is 5. The minimum Gasteiger partial charge on any atom is -0.387 e. The van der Waals surface area contributed by atoms with Crippen molar-refractivity contribution in [3.63, 3.8) is 0 Å². The first-order valence-electron chi connectivity index (χ1n) is 6.49. The quantitative estimate of drug-likeness (QED) is 0.815. The van der Waals surface area contributed by atoms with Crippen LogP contribution in [0.1, 0.15) is 24.5 Å². The fraction of sp³-hybridized carbons (Fsp3) is 0.500. The lowest BCUT2D eigenvalue weighted by Crippen LogP contribution is -2.37. The van der Waals surface area contributed by atoms with E-state index in [4.69, 9.17) is 0 Å². The third kappa shape index (κ3) is 3.55. The highest BCUT2D eigenvalue weighted by molar-refractivity contribution is 5.78. The molecule has 2 rings (SSSR count). The molecule has 1 aliphatic heterocycles. The molecule has 1 unspecified atom stereocenters. The van der Waals surface area contributed by atoms with E-state index in [-0.39, 0.29) is 5.91 Å². The molecule has 1 saturated heterocycles. The second kappa shape index (κ2) is 6.52. The highest BCUT2D eigenvalue weighted by atomic mass is 16.3. The van der Waals surface area contributed by atoms with E-state index < -0.39 is 6.10 Å². The molecule has 0 spiro atoms. The molecule has 1 fully saturated rings. The molecule has 0 aromatic heterocycles. The summed E-state index contributed by atoms with van der Waals surface area (Å²) >= 11 is 0. The first-order chi connectivity index (χ1) is 8.77. The van der Waals surface area contributed by atoms with Gasteiger partial charge in [-0.2, -0.15) is 0 Å². The van der Waals surface area contributed by atoms with E-state index in [0.29, 0.717) is 13.1 Å². The summed E-state index contributed by atoms with van der Waals surface area (Å²) in [7, 11) is 0. The molecule has 4 nitrogen and oxygen atoms in total. The van der Waals surface area contributed by atoms with Gasteiger partial charge in [-0.1, -0.05) is 30.3 Å². The Balaban J connectivity index is 1.70. The maximum atomic E-state index is 11.7. The van der Waals surface area contributed by atoms with E-state index in [1.54, 1.807) is 0 Å². The number of hydrogen-bond acceptors (Lipinski definition) is 3. The van der Waals surface area contributed by atoms with Crippen LogP contribution >= 0.6 is 0 Å². The summed E-state index contributed by atoms with van der Waals surface area (Å²) in [5.74, 6) is 0.132. The zero-order valence-corrected chi connectivity index (χ0v) is 10.5. The normalized spacial score (nSPS) is 16.8. The fourth-order valence-corrected chi connectivity index (χ4v) is 2.19. The van der Waals surface area contributed by atoms with E-state index in [0.717, 1.165) is 31.5 Å². The maximum Gasteiger partial charge on any atom is 0.236 e. The largest absolute Gasteiger partial charge is 0.387 e. The Labute approximate surface area is 108 Å². The lowest BCUT2D eigenvalue weighted by molar-refractivity contribution is -0.129. The number of hydrogen-bond donors (Lipinski definition) is 2. The Morgan fingerprint density at radius 2 is 1.94 bits per heavy atom. The van der Waals surface area contributed by atoms with Gasteiger partial charge in [0.1, 0.15) is 0 Å². The summed E-state index contributed by atoms with van der Waals surface area (Å²) in [6.45, 7) is 2.47. The number of carbonyl (C=O) groups excluding carboxylic acids is 1. The predicted molar refractivity (Wildman–Crippen MR) is 70.1 cm³/mol. The van der Waals surface area contributed by atoms with Gasteiger partial charge in [-0.3, -0.25) is 4.79 Å². The average Bonchev–Trinajstić information content (AvgIpc) is 2.93. The molecule has 1 heterocycles. The van der Waals surface area contributed by atoms with Gasteiger partial charge < -0.3 is 15.3 Å². The van der Waals surface area contributed by atoms with Crippen molar-refractivity contribution < 1.29 is 9.90 Å². The Kier molecular flexibility index (Phi) is 4.73. The summed E-state index contributed by atoms with van der Waals surface area (Å²) in [6, 6.07) is 9.48. The van der Waals surface area contributed by atoms with E-state index in [1.807, 2.05) is 35.2 Å². The zero-order valence-electron chi connectivity index (χ0n) is 10.5. The van der Waals surface area contributed by atoms with Gasteiger partial charge in [0.25, 0.3) is 0 Å². The number of likely N-dealkylation sites (tertiary alicyclic amines) is 1. The lowest BCUT2D eigenvalue weighted by atomic mass is 10.1. The van der Waals surface area contributed by atoms with E-state index in [2.05, 4.69) is 5.32 Å². The highest BCUT2D eigenvalue weighted by Crippen LogP contribution is 2.10. The molecule has 98 valence electrons. The van der Waals surface area contributed by atoms with Crippen molar-refractivity contribution in [2.24, 2.45) is 0 Å². The summed E-state index contributed by atoms with van der Waals surface area (Å²) < 4.78 is 0. The van der Waals surface area contributed by atoms with Gasteiger partial charge in [0, 0.05) is 19.6 Å². The molecule has 2 N–H and O–H groups in total. The minimum absolute atomic E-state index is 0.132. The molecule has 4 heteroatoms. The Morgan fingerprint density at radius 1 is 1.28 bits per heavy atom. The van der Waals surface area contributed by atoms with E-state index >= 15 is 0 Å². The SMILES string of the molecule is O=C(CNCC(O)c1ccccc1)N1CCCC1. The zero-order chi connectivity index (χ0) is 12.8. The van der Waals surface area contributed by atoms with Crippen molar-refractivity contribution >= 4 is 5.91 Å². The first kappa shape index (κ1) is 13.1. The van der Waals surface area contributed by atoms with Gasteiger partial charge in [-0.25, -0.2) is 0 Å². The molecule has 0 radical (unpaired) electrons. The van der Waals surface area contributed by atoms with Crippen LogP contribution in [0.3, 0.4) is 0 Å². The van der Waals surface area contributed by atoms with Crippen LogP contribution in [0.2, 0.25) is 0 Å². The van der Waals surface area contributed by atoms with Crippen LogP contribution in [-0.4, -0.2) is 42.1 Å². The summed E-state index contributed by atoms with van der Waals surface area (Å²) in [6.07, 6.45) is 1.66. The van der Waals surface area contributed by atoms with Gasteiger partial charge >= 0.3 is 0 Å². The van der Waals surface area contributed by atoms with Gasteiger partial charge in [0.2, 0.25) is 5.91 Å². The van der Waals surface area contributed by atoms with Crippen LogP contribution in [0.5, 0.6) is 0 Å². The standard InChI is InChI=1S/C14H20N2O2/c17-13(12-6-2-1-3-7-12)10-15-11-14(18)16-8-4-5-9-16/h1-3,6-7,13,15,17H,4-5,8-11H2.